The maximum atomic E-state index is 4.93. The molecule has 136 valence electrons. The van der Waals surface area contributed by atoms with E-state index in [2.05, 4.69) is 53.1 Å². The van der Waals surface area contributed by atoms with Crippen molar-refractivity contribution in [3.63, 3.8) is 0 Å². The third kappa shape index (κ3) is 3.21. The van der Waals surface area contributed by atoms with Gasteiger partial charge in [-0.05, 0) is 83.5 Å². The number of piperidine rings is 1. The van der Waals surface area contributed by atoms with Gasteiger partial charge < -0.3 is 10.3 Å². The Kier molecular flexibility index (Phi) is 4.56. The number of rotatable bonds is 2. The quantitative estimate of drug-likeness (QED) is 0.881. The highest BCUT2D eigenvalue weighted by atomic mass is 15.3. The Morgan fingerprint density at radius 2 is 1.96 bits per heavy atom. The number of benzene rings is 1. The first-order chi connectivity index (χ1) is 12.1. The van der Waals surface area contributed by atoms with Crippen LogP contribution in [0.2, 0.25) is 0 Å². The van der Waals surface area contributed by atoms with Gasteiger partial charge in [-0.2, -0.15) is 0 Å². The van der Waals surface area contributed by atoms with Crippen molar-refractivity contribution in [1.82, 2.24) is 25.1 Å². The van der Waals surface area contributed by atoms with Gasteiger partial charge in [0.15, 0.2) is 0 Å². The van der Waals surface area contributed by atoms with Crippen LogP contribution in [0.25, 0.3) is 11.0 Å². The standard InChI is InChI=1S/C20H31N5/c1-15-5-6-17-19(16(15)2)23-18(22-17)13-25-12-4-11-24(3)20(14-25)7-9-21-10-8-20/h5-6,21H,4,7-14H2,1-3H3,(H,22,23). The van der Waals surface area contributed by atoms with Crippen molar-refractivity contribution in [3.05, 3.63) is 29.1 Å². The molecule has 0 unspecified atom stereocenters. The zero-order valence-corrected chi connectivity index (χ0v) is 15.9. The molecule has 1 spiro atoms. The molecular weight excluding hydrogens is 310 g/mol. The molecule has 2 aliphatic rings. The number of nitrogens with zero attached hydrogens (tertiary/aromatic N) is 3. The van der Waals surface area contributed by atoms with Crippen LogP contribution in [0.15, 0.2) is 12.1 Å². The predicted molar refractivity (Wildman–Crippen MR) is 103 cm³/mol. The van der Waals surface area contributed by atoms with Gasteiger partial charge in [-0.25, -0.2) is 4.98 Å². The van der Waals surface area contributed by atoms with E-state index in [0.29, 0.717) is 5.54 Å². The first-order valence-corrected chi connectivity index (χ1v) is 9.66. The molecule has 2 N–H and O–H groups in total. The van der Waals surface area contributed by atoms with Gasteiger partial charge in [0.1, 0.15) is 5.82 Å². The Balaban J connectivity index is 1.56. The number of likely N-dealkylation sites (N-methyl/N-ethyl adjacent to an activating group) is 1. The Morgan fingerprint density at radius 1 is 1.16 bits per heavy atom. The first kappa shape index (κ1) is 17.0. The maximum Gasteiger partial charge on any atom is 0.121 e. The highest BCUT2D eigenvalue weighted by Gasteiger charge is 2.39. The molecule has 0 amide bonds. The van der Waals surface area contributed by atoms with Gasteiger partial charge in [-0.3, -0.25) is 9.80 Å². The Bertz CT molecular complexity index is 744. The van der Waals surface area contributed by atoms with Crippen LogP contribution in [0.1, 0.15) is 36.2 Å². The van der Waals surface area contributed by atoms with Crippen molar-refractivity contribution in [2.24, 2.45) is 0 Å². The molecule has 0 radical (unpaired) electrons. The lowest BCUT2D eigenvalue weighted by molar-refractivity contribution is 0.0631. The largest absolute Gasteiger partial charge is 0.341 e. The van der Waals surface area contributed by atoms with Crippen LogP contribution in [-0.4, -0.2) is 65.1 Å². The van der Waals surface area contributed by atoms with Crippen LogP contribution in [0.4, 0.5) is 0 Å². The fraction of sp³-hybridized carbons (Fsp3) is 0.650. The molecule has 2 fully saturated rings. The zero-order chi connectivity index (χ0) is 17.4. The average molecular weight is 342 g/mol. The fourth-order valence-electron chi connectivity index (χ4n) is 4.60. The maximum absolute atomic E-state index is 4.93. The molecule has 1 aromatic carbocycles. The minimum atomic E-state index is 0.334. The van der Waals surface area contributed by atoms with Gasteiger partial charge in [0.25, 0.3) is 0 Å². The topological polar surface area (TPSA) is 47.2 Å². The molecule has 5 heteroatoms. The summed E-state index contributed by atoms with van der Waals surface area (Å²) in [7, 11) is 2.32. The van der Waals surface area contributed by atoms with Crippen LogP contribution in [0.3, 0.4) is 0 Å². The molecule has 3 heterocycles. The molecule has 2 saturated heterocycles. The van der Waals surface area contributed by atoms with Gasteiger partial charge >= 0.3 is 0 Å². The number of hydrogen-bond donors (Lipinski definition) is 2. The molecule has 0 saturated carbocycles. The Morgan fingerprint density at radius 3 is 2.76 bits per heavy atom. The van der Waals surface area contributed by atoms with E-state index in [1.54, 1.807) is 0 Å². The second-order valence-corrected chi connectivity index (χ2v) is 8.05. The zero-order valence-electron chi connectivity index (χ0n) is 15.9. The SMILES string of the molecule is Cc1ccc2[nH]c(CN3CCCN(C)C4(CCNCC4)C3)nc2c1C. The van der Waals surface area contributed by atoms with Gasteiger partial charge in [-0.15, -0.1) is 0 Å². The van der Waals surface area contributed by atoms with Crippen LogP contribution < -0.4 is 5.32 Å². The monoisotopic (exact) mass is 341 g/mol. The van der Waals surface area contributed by atoms with Crippen molar-refractivity contribution in [3.8, 4) is 0 Å². The number of imidazole rings is 1. The van der Waals surface area contributed by atoms with E-state index in [9.17, 15) is 0 Å². The molecule has 25 heavy (non-hydrogen) atoms. The third-order valence-corrected chi connectivity index (χ3v) is 6.43. The van der Waals surface area contributed by atoms with E-state index < -0.39 is 0 Å². The van der Waals surface area contributed by atoms with Gasteiger partial charge in [0.2, 0.25) is 0 Å². The van der Waals surface area contributed by atoms with E-state index in [-0.39, 0.29) is 0 Å². The molecular formula is C20H31N5. The molecule has 4 rings (SSSR count). The van der Waals surface area contributed by atoms with Crippen molar-refractivity contribution >= 4 is 11.0 Å². The summed E-state index contributed by atoms with van der Waals surface area (Å²) < 4.78 is 0. The van der Waals surface area contributed by atoms with E-state index in [0.717, 1.165) is 44.1 Å². The number of aromatic amines is 1. The normalized spacial score (nSPS) is 22.5. The number of fused-ring (bicyclic) bond motifs is 1. The van der Waals surface area contributed by atoms with Crippen LogP contribution in [-0.2, 0) is 6.54 Å². The lowest BCUT2D eigenvalue weighted by atomic mass is 9.86. The Labute approximate surface area is 150 Å². The molecule has 0 aliphatic carbocycles. The van der Waals surface area contributed by atoms with E-state index >= 15 is 0 Å². The predicted octanol–water partition coefficient (Wildman–Crippen LogP) is 2.44. The van der Waals surface area contributed by atoms with Gasteiger partial charge in [0, 0.05) is 12.1 Å². The van der Waals surface area contributed by atoms with E-state index in [4.69, 9.17) is 4.98 Å². The summed E-state index contributed by atoms with van der Waals surface area (Å²) in [6.07, 6.45) is 3.74. The van der Waals surface area contributed by atoms with Crippen LogP contribution in [0, 0.1) is 13.8 Å². The van der Waals surface area contributed by atoms with Crippen LogP contribution in [0.5, 0.6) is 0 Å². The molecule has 2 aromatic rings. The third-order valence-electron chi connectivity index (χ3n) is 6.43. The molecule has 1 aromatic heterocycles. The second-order valence-electron chi connectivity index (χ2n) is 8.05. The summed E-state index contributed by atoms with van der Waals surface area (Å²) in [6, 6.07) is 4.35. The number of H-pyrrole nitrogens is 1. The smallest absolute Gasteiger partial charge is 0.121 e. The van der Waals surface area contributed by atoms with Gasteiger partial charge in [-0.1, -0.05) is 6.07 Å². The summed E-state index contributed by atoms with van der Waals surface area (Å²) in [5.74, 6) is 1.11. The molecule has 0 atom stereocenters. The number of hydrogen-bond acceptors (Lipinski definition) is 4. The lowest BCUT2D eigenvalue weighted by Crippen LogP contribution is -2.57. The summed E-state index contributed by atoms with van der Waals surface area (Å²) in [5.41, 5.74) is 5.25. The fourth-order valence-corrected chi connectivity index (χ4v) is 4.60. The summed E-state index contributed by atoms with van der Waals surface area (Å²) in [5, 5.41) is 3.53. The van der Waals surface area contributed by atoms with Crippen molar-refractivity contribution in [2.75, 3.05) is 39.8 Å². The summed E-state index contributed by atoms with van der Waals surface area (Å²) in [4.78, 5) is 13.7. The van der Waals surface area contributed by atoms with Crippen LogP contribution >= 0.6 is 0 Å². The number of nitrogens with one attached hydrogen (secondary N) is 2. The highest BCUT2D eigenvalue weighted by molar-refractivity contribution is 5.79. The van der Waals surface area contributed by atoms with Crippen molar-refractivity contribution in [1.29, 1.82) is 0 Å². The average Bonchev–Trinajstić information content (AvgIpc) is 2.96. The minimum Gasteiger partial charge on any atom is -0.341 e. The Hall–Kier alpha value is -1.43. The second kappa shape index (κ2) is 6.71. The summed E-state index contributed by atoms with van der Waals surface area (Å²) in [6.45, 7) is 11.1. The van der Waals surface area contributed by atoms with E-state index in [1.807, 2.05) is 0 Å². The summed E-state index contributed by atoms with van der Waals surface area (Å²) >= 11 is 0. The highest BCUT2D eigenvalue weighted by Crippen LogP contribution is 2.29. The lowest BCUT2D eigenvalue weighted by Gasteiger charge is -2.45. The molecule has 5 nitrogen and oxygen atoms in total. The number of aromatic nitrogens is 2. The van der Waals surface area contributed by atoms with Crippen molar-refractivity contribution < 1.29 is 0 Å². The minimum absolute atomic E-state index is 0.334. The number of aryl methyl sites for hydroxylation is 2. The first-order valence-electron chi connectivity index (χ1n) is 9.66. The molecule has 0 bridgehead atoms. The van der Waals surface area contributed by atoms with Gasteiger partial charge in [0.05, 0.1) is 17.6 Å². The molecule has 2 aliphatic heterocycles. The van der Waals surface area contributed by atoms with Crippen molar-refractivity contribution in [2.45, 2.75) is 45.2 Å². The van der Waals surface area contributed by atoms with E-state index in [1.165, 1.54) is 42.5 Å².